The van der Waals surface area contributed by atoms with Crippen molar-refractivity contribution in [3.05, 3.63) is 27.3 Å². The van der Waals surface area contributed by atoms with E-state index >= 15 is 0 Å². The van der Waals surface area contributed by atoms with Gasteiger partial charge >= 0.3 is 5.97 Å². The minimum absolute atomic E-state index is 0.0657. The van der Waals surface area contributed by atoms with Gasteiger partial charge in [-0.2, -0.15) is 0 Å². The molecule has 1 N–H and O–H groups in total. The average molecular weight is 391 g/mol. The minimum Gasteiger partial charge on any atom is -0.497 e. The first-order chi connectivity index (χ1) is 9.52. The number of carboxylic acid groups (broad SMARTS) is 1. The van der Waals surface area contributed by atoms with Crippen LogP contribution >= 0.6 is 22.6 Å². The quantitative estimate of drug-likeness (QED) is 0.785. The molecule has 0 saturated carbocycles. The molecule has 1 aliphatic heterocycles. The van der Waals surface area contributed by atoms with Gasteiger partial charge in [-0.3, -0.25) is 4.79 Å². The Hall–Kier alpha value is -1.35. The number of morpholine rings is 1. The maximum atomic E-state index is 12.4. The molecule has 20 heavy (non-hydrogen) atoms. The Balaban J connectivity index is 2.16. The van der Waals surface area contributed by atoms with E-state index in [1.807, 2.05) is 0 Å². The molecule has 1 fully saturated rings. The van der Waals surface area contributed by atoms with Crippen LogP contribution in [0, 0.1) is 3.57 Å². The molecular weight excluding hydrogens is 377 g/mol. The van der Waals surface area contributed by atoms with Crippen LogP contribution in [0.4, 0.5) is 0 Å². The van der Waals surface area contributed by atoms with Crippen molar-refractivity contribution in [3.63, 3.8) is 0 Å². The summed E-state index contributed by atoms with van der Waals surface area (Å²) in [5.41, 5.74) is 0.539. The number of halogens is 1. The third-order valence-corrected chi connectivity index (χ3v) is 3.93. The first-order valence-electron chi connectivity index (χ1n) is 6.00. The summed E-state index contributed by atoms with van der Waals surface area (Å²) in [7, 11) is 1.56. The number of amides is 1. The van der Waals surface area contributed by atoms with Crippen molar-refractivity contribution < 1.29 is 24.2 Å². The van der Waals surface area contributed by atoms with Gasteiger partial charge < -0.3 is 19.5 Å². The van der Waals surface area contributed by atoms with Crippen molar-refractivity contribution in [2.24, 2.45) is 0 Å². The van der Waals surface area contributed by atoms with E-state index in [-0.39, 0.29) is 19.1 Å². The fraction of sp³-hybridized carbons (Fsp3) is 0.385. The number of carboxylic acids is 1. The number of benzene rings is 1. The van der Waals surface area contributed by atoms with E-state index in [4.69, 9.17) is 14.6 Å². The van der Waals surface area contributed by atoms with E-state index in [1.54, 1.807) is 25.3 Å². The second-order valence-electron chi connectivity index (χ2n) is 4.29. The molecule has 0 aliphatic carbocycles. The third-order valence-electron chi connectivity index (χ3n) is 3.04. The highest BCUT2D eigenvalue weighted by molar-refractivity contribution is 14.1. The fourth-order valence-corrected chi connectivity index (χ4v) is 2.67. The number of ether oxygens (including phenoxy) is 2. The van der Waals surface area contributed by atoms with Crippen LogP contribution in [0.25, 0.3) is 0 Å². The predicted molar refractivity (Wildman–Crippen MR) is 79.0 cm³/mol. The summed E-state index contributed by atoms with van der Waals surface area (Å²) in [6.07, 6.45) is -0.955. The summed E-state index contributed by atoms with van der Waals surface area (Å²) in [5, 5.41) is 8.95. The van der Waals surface area contributed by atoms with Crippen LogP contribution in [0.15, 0.2) is 18.2 Å². The number of carbonyl (C=O) groups excluding carboxylic acids is 1. The topological polar surface area (TPSA) is 76.1 Å². The highest BCUT2D eigenvalue weighted by Gasteiger charge is 2.30. The van der Waals surface area contributed by atoms with E-state index in [0.29, 0.717) is 17.9 Å². The fourth-order valence-electron chi connectivity index (χ4n) is 1.95. The zero-order valence-corrected chi connectivity index (χ0v) is 13.0. The molecule has 0 aromatic heterocycles. The molecule has 0 spiro atoms. The standard InChI is InChI=1S/C13H14INO5/c1-19-8-2-3-9(10(14)6-8)12(16)15-4-5-20-11(7-15)13(17)18/h2-3,6,11H,4-5,7H2,1H3,(H,17,18). The maximum absolute atomic E-state index is 12.4. The highest BCUT2D eigenvalue weighted by atomic mass is 127. The average Bonchev–Trinajstić information content (AvgIpc) is 2.46. The second kappa shape index (κ2) is 6.40. The van der Waals surface area contributed by atoms with Crippen LogP contribution < -0.4 is 4.74 Å². The summed E-state index contributed by atoms with van der Waals surface area (Å²) in [4.78, 5) is 24.9. The zero-order chi connectivity index (χ0) is 14.7. The Morgan fingerprint density at radius 3 is 2.85 bits per heavy atom. The first kappa shape index (κ1) is 15.0. The third kappa shape index (κ3) is 3.21. The van der Waals surface area contributed by atoms with Crippen LogP contribution in [-0.4, -0.2) is 54.8 Å². The van der Waals surface area contributed by atoms with E-state index in [1.165, 1.54) is 4.90 Å². The molecule has 1 aromatic carbocycles. The van der Waals surface area contributed by atoms with E-state index in [9.17, 15) is 9.59 Å². The Kier molecular flexibility index (Phi) is 4.81. The van der Waals surface area contributed by atoms with Gasteiger partial charge in [0.05, 0.1) is 25.8 Å². The molecule has 2 rings (SSSR count). The second-order valence-corrected chi connectivity index (χ2v) is 5.46. The minimum atomic E-state index is -1.05. The molecule has 1 aliphatic rings. The Morgan fingerprint density at radius 1 is 1.50 bits per heavy atom. The summed E-state index contributed by atoms with van der Waals surface area (Å²) in [5.74, 6) is -0.560. The molecule has 0 bridgehead atoms. The van der Waals surface area contributed by atoms with Crippen molar-refractivity contribution >= 4 is 34.5 Å². The van der Waals surface area contributed by atoms with Crippen LogP contribution in [0.5, 0.6) is 5.75 Å². The lowest BCUT2D eigenvalue weighted by molar-refractivity contribution is -0.154. The normalized spacial score (nSPS) is 18.7. The van der Waals surface area contributed by atoms with E-state index in [0.717, 1.165) is 3.57 Å². The van der Waals surface area contributed by atoms with Crippen molar-refractivity contribution in [1.82, 2.24) is 4.90 Å². The van der Waals surface area contributed by atoms with Crippen LogP contribution in [0.1, 0.15) is 10.4 Å². The lowest BCUT2D eigenvalue weighted by atomic mass is 10.1. The van der Waals surface area contributed by atoms with Gasteiger partial charge in [0, 0.05) is 10.1 Å². The Bertz CT molecular complexity index is 533. The van der Waals surface area contributed by atoms with Crippen molar-refractivity contribution in [2.45, 2.75) is 6.10 Å². The number of hydrogen-bond acceptors (Lipinski definition) is 4. The van der Waals surface area contributed by atoms with Crippen LogP contribution in [0.3, 0.4) is 0 Å². The van der Waals surface area contributed by atoms with Gasteiger partial charge in [-0.15, -0.1) is 0 Å². The molecular formula is C13H14INO5. The van der Waals surface area contributed by atoms with Crippen LogP contribution in [0.2, 0.25) is 0 Å². The Labute approximate surface area is 129 Å². The molecule has 1 amide bonds. The molecule has 1 unspecified atom stereocenters. The number of nitrogens with zero attached hydrogens (tertiary/aromatic N) is 1. The molecule has 1 atom stereocenters. The summed E-state index contributed by atoms with van der Waals surface area (Å²) < 4.78 is 11.0. The van der Waals surface area contributed by atoms with Crippen molar-refractivity contribution in [2.75, 3.05) is 26.8 Å². The van der Waals surface area contributed by atoms with Gasteiger partial charge in [-0.1, -0.05) is 0 Å². The number of carbonyl (C=O) groups is 2. The van der Waals surface area contributed by atoms with E-state index < -0.39 is 12.1 Å². The number of rotatable bonds is 3. The molecule has 0 radical (unpaired) electrons. The molecule has 1 heterocycles. The monoisotopic (exact) mass is 391 g/mol. The summed E-state index contributed by atoms with van der Waals surface area (Å²) in [6, 6.07) is 5.17. The first-order valence-corrected chi connectivity index (χ1v) is 7.08. The predicted octanol–water partition coefficient (Wildman–Crippen LogP) is 1.23. The van der Waals surface area contributed by atoms with Gasteiger partial charge in [0.25, 0.3) is 5.91 Å². The Morgan fingerprint density at radius 2 is 2.25 bits per heavy atom. The SMILES string of the molecule is COc1ccc(C(=O)N2CCOC(C(=O)O)C2)c(I)c1. The molecule has 108 valence electrons. The van der Waals surface area contributed by atoms with E-state index in [2.05, 4.69) is 22.6 Å². The number of aliphatic carboxylic acids is 1. The summed E-state index contributed by atoms with van der Waals surface area (Å²) in [6.45, 7) is 0.691. The van der Waals surface area contributed by atoms with Gasteiger partial charge in [0.1, 0.15) is 5.75 Å². The highest BCUT2D eigenvalue weighted by Crippen LogP contribution is 2.21. The largest absolute Gasteiger partial charge is 0.497 e. The van der Waals surface area contributed by atoms with Crippen molar-refractivity contribution in [3.8, 4) is 5.75 Å². The van der Waals surface area contributed by atoms with Gasteiger partial charge in [0.15, 0.2) is 6.10 Å². The zero-order valence-electron chi connectivity index (χ0n) is 10.8. The van der Waals surface area contributed by atoms with Gasteiger partial charge in [-0.25, -0.2) is 4.79 Å². The number of methoxy groups -OCH3 is 1. The maximum Gasteiger partial charge on any atom is 0.334 e. The lowest BCUT2D eigenvalue weighted by Gasteiger charge is -2.31. The van der Waals surface area contributed by atoms with Gasteiger partial charge in [0.2, 0.25) is 0 Å². The molecule has 1 aromatic rings. The molecule has 1 saturated heterocycles. The van der Waals surface area contributed by atoms with Crippen LogP contribution in [-0.2, 0) is 9.53 Å². The number of hydrogen-bond donors (Lipinski definition) is 1. The van der Waals surface area contributed by atoms with Crippen molar-refractivity contribution in [1.29, 1.82) is 0 Å². The lowest BCUT2D eigenvalue weighted by Crippen LogP contribution is -2.48. The summed E-state index contributed by atoms with van der Waals surface area (Å²) >= 11 is 2.06. The molecule has 7 heteroatoms. The van der Waals surface area contributed by atoms with Gasteiger partial charge in [-0.05, 0) is 40.8 Å². The molecule has 6 nitrogen and oxygen atoms in total. The smallest absolute Gasteiger partial charge is 0.334 e.